The van der Waals surface area contributed by atoms with Crippen molar-refractivity contribution in [1.29, 1.82) is 0 Å². The molecule has 2 aromatic rings. The lowest BCUT2D eigenvalue weighted by atomic mass is 9.92. The Balaban J connectivity index is 1.65. The van der Waals surface area contributed by atoms with Crippen LogP contribution in [0.4, 0.5) is 10.5 Å². The van der Waals surface area contributed by atoms with Crippen molar-refractivity contribution in [3.63, 3.8) is 0 Å². The summed E-state index contributed by atoms with van der Waals surface area (Å²) in [7, 11) is 0. The molecular weight excluding hydrogens is 322 g/mol. The summed E-state index contributed by atoms with van der Waals surface area (Å²) >= 11 is 0. The first kappa shape index (κ1) is 15.3. The molecule has 7 heteroatoms. The van der Waals surface area contributed by atoms with E-state index in [4.69, 9.17) is 0 Å². The van der Waals surface area contributed by atoms with Crippen LogP contribution in [0, 0.1) is 10.1 Å². The minimum absolute atomic E-state index is 0.0102. The maximum Gasteiger partial charge on any atom is 0.325 e. The SMILES string of the molecule is O=C1N[C@@]2(CCc3ccccc32)C(=O)N1Cc1cccc([N+](=O)[O-])c1. The van der Waals surface area contributed by atoms with Crippen molar-refractivity contribution in [3.05, 3.63) is 75.3 Å². The van der Waals surface area contributed by atoms with Crippen LogP contribution in [0.1, 0.15) is 23.1 Å². The number of carbonyl (C=O) groups excluding carboxylic acids is 2. The number of urea groups is 1. The first-order valence-corrected chi connectivity index (χ1v) is 7.97. The van der Waals surface area contributed by atoms with Crippen LogP contribution in [0.5, 0.6) is 0 Å². The van der Waals surface area contributed by atoms with Gasteiger partial charge in [-0.25, -0.2) is 4.79 Å². The van der Waals surface area contributed by atoms with Crippen LogP contribution in [0.25, 0.3) is 0 Å². The Morgan fingerprint density at radius 1 is 1.16 bits per heavy atom. The Kier molecular flexibility index (Phi) is 3.31. The Morgan fingerprint density at radius 2 is 1.96 bits per heavy atom. The highest BCUT2D eigenvalue weighted by Gasteiger charge is 2.55. The van der Waals surface area contributed by atoms with Gasteiger partial charge in [0.1, 0.15) is 5.54 Å². The van der Waals surface area contributed by atoms with E-state index in [-0.39, 0.29) is 18.1 Å². The van der Waals surface area contributed by atoms with Crippen molar-refractivity contribution in [3.8, 4) is 0 Å². The fourth-order valence-electron chi connectivity index (χ4n) is 3.68. The van der Waals surface area contributed by atoms with Crippen LogP contribution >= 0.6 is 0 Å². The molecule has 1 saturated heterocycles. The van der Waals surface area contributed by atoms with Crippen LogP contribution < -0.4 is 5.32 Å². The van der Waals surface area contributed by atoms with Crippen LogP contribution in [0.2, 0.25) is 0 Å². The quantitative estimate of drug-likeness (QED) is 0.529. The van der Waals surface area contributed by atoms with Crippen molar-refractivity contribution >= 4 is 17.6 Å². The number of rotatable bonds is 3. The molecule has 7 nitrogen and oxygen atoms in total. The molecule has 1 aliphatic heterocycles. The summed E-state index contributed by atoms with van der Waals surface area (Å²) in [5.74, 6) is -0.297. The monoisotopic (exact) mass is 337 g/mol. The van der Waals surface area contributed by atoms with Gasteiger partial charge in [0.15, 0.2) is 0 Å². The molecule has 1 N–H and O–H groups in total. The van der Waals surface area contributed by atoms with Gasteiger partial charge in [-0.1, -0.05) is 36.4 Å². The molecule has 3 amide bonds. The van der Waals surface area contributed by atoms with Gasteiger partial charge in [0.2, 0.25) is 0 Å². The minimum Gasteiger partial charge on any atom is -0.319 e. The van der Waals surface area contributed by atoms with E-state index in [1.807, 2.05) is 24.3 Å². The van der Waals surface area contributed by atoms with Gasteiger partial charge in [-0.05, 0) is 29.5 Å². The van der Waals surface area contributed by atoms with Gasteiger partial charge < -0.3 is 5.32 Å². The fraction of sp³-hybridized carbons (Fsp3) is 0.222. The van der Waals surface area contributed by atoms with E-state index in [0.717, 1.165) is 22.4 Å². The summed E-state index contributed by atoms with van der Waals surface area (Å²) in [6, 6.07) is 13.1. The van der Waals surface area contributed by atoms with E-state index in [9.17, 15) is 19.7 Å². The lowest BCUT2D eigenvalue weighted by Gasteiger charge is -2.22. The van der Waals surface area contributed by atoms with Crippen molar-refractivity contribution in [2.24, 2.45) is 0 Å². The summed E-state index contributed by atoms with van der Waals surface area (Å²) in [5, 5.41) is 13.8. The number of nitro benzene ring substituents is 1. The van der Waals surface area contributed by atoms with Gasteiger partial charge in [0, 0.05) is 12.1 Å². The predicted octanol–water partition coefficient (Wildman–Crippen LogP) is 2.49. The largest absolute Gasteiger partial charge is 0.325 e. The van der Waals surface area contributed by atoms with Crippen molar-refractivity contribution in [2.45, 2.75) is 24.9 Å². The average molecular weight is 337 g/mol. The lowest BCUT2D eigenvalue weighted by molar-refractivity contribution is -0.384. The molecule has 0 radical (unpaired) electrons. The van der Waals surface area contributed by atoms with Crippen molar-refractivity contribution < 1.29 is 14.5 Å². The third kappa shape index (κ3) is 2.27. The number of nitrogens with zero attached hydrogens (tertiary/aromatic N) is 2. The number of aryl methyl sites for hydroxylation is 1. The number of nitrogens with one attached hydrogen (secondary N) is 1. The van der Waals surface area contributed by atoms with Gasteiger partial charge in [-0.3, -0.25) is 19.8 Å². The molecule has 4 rings (SSSR count). The fourth-order valence-corrected chi connectivity index (χ4v) is 3.68. The summed E-state index contributed by atoms with van der Waals surface area (Å²) < 4.78 is 0. The highest BCUT2D eigenvalue weighted by Crippen LogP contribution is 2.41. The first-order chi connectivity index (χ1) is 12.0. The maximum absolute atomic E-state index is 13.0. The van der Waals surface area contributed by atoms with Crippen LogP contribution in [-0.2, 0) is 23.3 Å². The molecule has 1 spiro atoms. The standard InChI is InChI=1S/C18H15N3O4/c22-16-18(9-8-13-5-1-2-7-15(13)18)19-17(23)20(16)11-12-4-3-6-14(10-12)21(24)25/h1-7,10H,8-9,11H2,(H,19,23)/t18-/m1/s1. The summed E-state index contributed by atoms with van der Waals surface area (Å²) in [4.78, 5) is 37.0. The third-order valence-electron chi connectivity index (χ3n) is 4.88. The second kappa shape index (κ2) is 5.41. The zero-order chi connectivity index (χ0) is 17.6. The number of non-ortho nitro benzene ring substituents is 1. The van der Waals surface area contributed by atoms with E-state index in [0.29, 0.717) is 12.0 Å². The Morgan fingerprint density at radius 3 is 2.76 bits per heavy atom. The number of hydrogen-bond donors (Lipinski definition) is 1. The molecule has 1 atom stereocenters. The molecule has 2 aliphatic rings. The molecule has 25 heavy (non-hydrogen) atoms. The Labute approximate surface area is 143 Å². The molecule has 1 aliphatic carbocycles. The molecule has 1 fully saturated rings. The number of amides is 3. The van der Waals surface area contributed by atoms with Gasteiger partial charge in [0.05, 0.1) is 11.5 Å². The smallest absolute Gasteiger partial charge is 0.319 e. The zero-order valence-corrected chi connectivity index (χ0v) is 13.3. The summed E-state index contributed by atoms with van der Waals surface area (Å²) in [6.07, 6.45) is 1.26. The molecule has 1 heterocycles. The summed E-state index contributed by atoms with van der Waals surface area (Å²) in [6.45, 7) is 0.0102. The number of benzene rings is 2. The minimum atomic E-state index is -1.01. The molecule has 0 unspecified atom stereocenters. The topological polar surface area (TPSA) is 92.6 Å². The van der Waals surface area contributed by atoms with E-state index in [1.54, 1.807) is 12.1 Å². The van der Waals surface area contributed by atoms with Gasteiger partial charge >= 0.3 is 6.03 Å². The normalized spacial score (nSPS) is 21.5. The lowest BCUT2D eigenvalue weighted by Crippen LogP contribution is -2.41. The molecule has 0 bridgehead atoms. The van der Waals surface area contributed by atoms with E-state index in [1.165, 1.54) is 12.1 Å². The Hall–Kier alpha value is -3.22. The number of carbonyl (C=O) groups is 2. The number of nitro groups is 1. The van der Waals surface area contributed by atoms with Crippen molar-refractivity contribution in [2.75, 3.05) is 0 Å². The first-order valence-electron chi connectivity index (χ1n) is 7.97. The second-order valence-electron chi connectivity index (χ2n) is 6.31. The van der Waals surface area contributed by atoms with Crippen molar-refractivity contribution in [1.82, 2.24) is 10.2 Å². The van der Waals surface area contributed by atoms with Crippen LogP contribution in [0.3, 0.4) is 0 Å². The van der Waals surface area contributed by atoms with Crippen LogP contribution in [-0.4, -0.2) is 21.8 Å². The van der Waals surface area contributed by atoms with Crippen LogP contribution in [0.15, 0.2) is 48.5 Å². The predicted molar refractivity (Wildman–Crippen MR) is 88.6 cm³/mol. The highest BCUT2D eigenvalue weighted by molar-refractivity contribution is 6.08. The maximum atomic E-state index is 13.0. The zero-order valence-electron chi connectivity index (χ0n) is 13.3. The molecule has 2 aromatic carbocycles. The van der Waals surface area contributed by atoms with Gasteiger partial charge in [-0.2, -0.15) is 0 Å². The molecule has 126 valence electrons. The van der Waals surface area contributed by atoms with E-state index < -0.39 is 16.5 Å². The number of imide groups is 1. The number of fused-ring (bicyclic) bond motifs is 2. The van der Waals surface area contributed by atoms with Gasteiger partial charge in [0.25, 0.3) is 11.6 Å². The second-order valence-corrected chi connectivity index (χ2v) is 6.31. The number of hydrogen-bond acceptors (Lipinski definition) is 4. The van der Waals surface area contributed by atoms with Gasteiger partial charge in [-0.15, -0.1) is 0 Å². The molecular formula is C18H15N3O4. The average Bonchev–Trinajstić information content (AvgIpc) is 3.09. The summed E-state index contributed by atoms with van der Waals surface area (Å²) in [5.41, 5.74) is 1.38. The third-order valence-corrected chi connectivity index (χ3v) is 4.88. The molecule has 0 saturated carbocycles. The highest BCUT2D eigenvalue weighted by atomic mass is 16.6. The van der Waals surface area contributed by atoms with E-state index in [2.05, 4.69) is 5.32 Å². The van der Waals surface area contributed by atoms with E-state index >= 15 is 0 Å². The molecule has 0 aromatic heterocycles. The Bertz CT molecular complexity index is 911.